The van der Waals surface area contributed by atoms with Crippen molar-refractivity contribution in [2.24, 2.45) is 0 Å². The smallest absolute Gasteiger partial charge is 0.398 e. The molecule has 0 atom stereocenters. The summed E-state index contributed by atoms with van der Waals surface area (Å²) in [7, 11) is -1.14. The second-order valence-corrected chi connectivity index (χ2v) is 7.16. The predicted octanol–water partition coefficient (Wildman–Crippen LogP) is 3.55. The topological polar surface area (TPSA) is 49.2 Å². The molecule has 0 spiro atoms. The molecule has 1 aliphatic rings. The maximum absolute atomic E-state index is 14.5. The SMILES string of the molecule is CC1(C)OB(C(F)=Cc2cn(Cc3c(F)cccc3F)nn2)OC1(C)C. The number of hydrogen-bond acceptors (Lipinski definition) is 4. The van der Waals surface area contributed by atoms with Gasteiger partial charge in [0.15, 0.2) is 0 Å². The Morgan fingerprint density at radius 3 is 2.31 bits per heavy atom. The summed E-state index contributed by atoms with van der Waals surface area (Å²) >= 11 is 0. The van der Waals surface area contributed by atoms with E-state index in [4.69, 9.17) is 9.31 Å². The number of nitrogens with zero attached hydrogens (tertiary/aromatic N) is 3. The molecule has 1 saturated heterocycles. The van der Waals surface area contributed by atoms with Gasteiger partial charge >= 0.3 is 7.12 Å². The fourth-order valence-corrected chi connectivity index (χ4v) is 2.47. The number of benzene rings is 1. The summed E-state index contributed by atoms with van der Waals surface area (Å²) in [6.07, 6.45) is 2.51. The molecule has 9 heteroatoms. The Morgan fingerprint density at radius 2 is 1.73 bits per heavy atom. The average Bonchev–Trinajstić information content (AvgIpc) is 3.05. The lowest BCUT2D eigenvalue weighted by Crippen LogP contribution is -2.41. The first-order valence-corrected chi connectivity index (χ1v) is 8.15. The maximum atomic E-state index is 14.5. The van der Waals surface area contributed by atoms with Gasteiger partial charge in [0.25, 0.3) is 0 Å². The quantitative estimate of drug-likeness (QED) is 0.778. The van der Waals surface area contributed by atoms with Crippen molar-refractivity contribution in [1.82, 2.24) is 15.0 Å². The van der Waals surface area contributed by atoms with E-state index >= 15 is 0 Å². The first-order chi connectivity index (χ1) is 12.1. The molecule has 2 heterocycles. The van der Waals surface area contributed by atoms with E-state index in [1.807, 2.05) is 27.7 Å². The van der Waals surface area contributed by atoms with E-state index in [2.05, 4.69) is 10.3 Å². The van der Waals surface area contributed by atoms with E-state index in [0.29, 0.717) is 0 Å². The van der Waals surface area contributed by atoms with Crippen LogP contribution in [-0.4, -0.2) is 33.3 Å². The van der Waals surface area contributed by atoms with Crippen LogP contribution in [0.3, 0.4) is 0 Å². The van der Waals surface area contributed by atoms with Gasteiger partial charge in [-0.1, -0.05) is 11.3 Å². The van der Waals surface area contributed by atoms with E-state index in [-0.39, 0.29) is 17.8 Å². The van der Waals surface area contributed by atoms with Gasteiger partial charge in [0, 0.05) is 5.56 Å². The van der Waals surface area contributed by atoms with E-state index in [9.17, 15) is 13.2 Å². The highest BCUT2D eigenvalue weighted by Gasteiger charge is 2.53. The van der Waals surface area contributed by atoms with Gasteiger partial charge in [0.05, 0.1) is 23.9 Å². The van der Waals surface area contributed by atoms with Crippen molar-refractivity contribution in [2.45, 2.75) is 45.4 Å². The lowest BCUT2D eigenvalue weighted by atomic mass is 9.87. The number of halogens is 3. The molecule has 0 N–H and O–H groups in total. The van der Waals surface area contributed by atoms with Gasteiger partial charge in [0.2, 0.25) is 0 Å². The Kier molecular flexibility index (Phi) is 4.70. The Labute approximate surface area is 149 Å². The van der Waals surface area contributed by atoms with Crippen LogP contribution in [0, 0.1) is 11.6 Å². The van der Waals surface area contributed by atoms with Crippen molar-refractivity contribution in [2.75, 3.05) is 0 Å². The number of aromatic nitrogens is 3. The zero-order valence-electron chi connectivity index (χ0n) is 15.0. The molecular weight excluding hydrogens is 346 g/mol. The molecule has 3 rings (SSSR count). The standard InChI is InChI=1S/C17H19BF3N3O2/c1-16(2)17(3,4)26-18(25-16)15(21)8-11-9-24(23-22-11)10-12-13(19)6-5-7-14(12)20/h5-9H,10H2,1-4H3. The molecule has 138 valence electrons. The molecular formula is C17H19BF3N3O2. The van der Waals surface area contributed by atoms with Gasteiger partial charge in [-0.3, -0.25) is 0 Å². The number of rotatable bonds is 4. The molecule has 26 heavy (non-hydrogen) atoms. The lowest BCUT2D eigenvalue weighted by Gasteiger charge is -2.32. The van der Waals surface area contributed by atoms with Crippen LogP contribution in [0.2, 0.25) is 0 Å². The summed E-state index contributed by atoms with van der Waals surface area (Å²) in [5.41, 5.74) is -1.94. The van der Waals surface area contributed by atoms with Crippen LogP contribution in [0.4, 0.5) is 13.2 Å². The van der Waals surface area contributed by atoms with Crippen molar-refractivity contribution in [1.29, 1.82) is 0 Å². The van der Waals surface area contributed by atoms with Crippen LogP contribution in [0.1, 0.15) is 39.0 Å². The van der Waals surface area contributed by atoms with Crippen molar-refractivity contribution in [3.8, 4) is 0 Å². The van der Waals surface area contributed by atoms with Crippen LogP contribution in [0.25, 0.3) is 6.08 Å². The molecule has 0 aliphatic carbocycles. The van der Waals surface area contributed by atoms with Crippen LogP contribution in [0.5, 0.6) is 0 Å². The third-order valence-electron chi connectivity index (χ3n) is 4.70. The van der Waals surface area contributed by atoms with Gasteiger partial charge in [-0.15, -0.1) is 5.10 Å². The zero-order chi connectivity index (χ0) is 19.1. The monoisotopic (exact) mass is 365 g/mol. The van der Waals surface area contributed by atoms with Crippen molar-refractivity contribution >= 4 is 13.2 Å². The summed E-state index contributed by atoms with van der Waals surface area (Å²) in [6.45, 7) is 7.12. The minimum atomic E-state index is -1.14. The van der Waals surface area contributed by atoms with Crippen molar-refractivity contribution in [3.05, 3.63) is 53.0 Å². The zero-order valence-corrected chi connectivity index (χ0v) is 15.0. The minimum Gasteiger partial charge on any atom is -0.398 e. The van der Waals surface area contributed by atoms with Gasteiger partial charge < -0.3 is 9.31 Å². The van der Waals surface area contributed by atoms with E-state index in [0.717, 1.165) is 18.2 Å². The second-order valence-electron chi connectivity index (χ2n) is 7.16. The molecule has 0 unspecified atom stereocenters. The summed E-state index contributed by atoms with van der Waals surface area (Å²) in [5.74, 6) is -1.36. The van der Waals surface area contributed by atoms with Gasteiger partial charge in [-0.2, -0.15) is 0 Å². The van der Waals surface area contributed by atoms with Crippen LogP contribution >= 0.6 is 0 Å². The van der Waals surface area contributed by atoms with Crippen molar-refractivity contribution < 1.29 is 22.5 Å². The van der Waals surface area contributed by atoms with Gasteiger partial charge in [0.1, 0.15) is 23.1 Å². The van der Waals surface area contributed by atoms with Crippen LogP contribution in [0.15, 0.2) is 30.1 Å². The highest BCUT2D eigenvalue weighted by molar-refractivity contribution is 6.54. The maximum Gasteiger partial charge on any atom is 0.525 e. The molecule has 0 saturated carbocycles. The predicted molar refractivity (Wildman–Crippen MR) is 90.6 cm³/mol. The summed E-state index contributed by atoms with van der Waals surface area (Å²) in [5, 5.41) is 7.57. The van der Waals surface area contributed by atoms with E-state index in [1.54, 1.807) is 0 Å². The van der Waals surface area contributed by atoms with Gasteiger partial charge in [-0.25, -0.2) is 17.9 Å². The van der Waals surface area contributed by atoms with Crippen LogP contribution < -0.4 is 0 Å². The van der Waals surface area contributed by atoms with E-state index in [1.165, 1.54) is 16.9 Å². The molecule has 2 aromatic rings. The first-order valence-electron chi connectivity index (χ1n) is 8.15. The molecule has 0 bridgehead atoms. The Bertz CT molecular complexity index is 815. The first kappa shape index (κ1) is 18.7. The summed E-state index contributed by atoms with van der Waals surface area (Å²) in [6, 6.07) is 3.60. The Hall–Kier alpha value is -2.13. The third kappa shape index (κ3) is 3.54. The lowest BCUT2D eigenvalue weighted by molar-refractivity contribution is 0.00578. The molecule has 5 nitrogen and oxygen atoms in total. The largest absolute Gasteiger partial charge is 0.525 e. The Morgan fingerprint density at radius 1 is 1.15 bits per heavy atom. The molecule has 1 aromatic carbocycles. The molecule has 1 fully saturated rings. The number of hydrogen-bond donors (Lipinski definition) is 0. The molecule has 1 aliphatic heterocycles. The summed E-state index contributed by atoms with van der Waals surface area (Å²) < 4.78 is 54.3. The van der Waals surface area contributed by atoms with E-state index < -0.39 is 35.7 Å². The fourth-order valence-electron chi connectivity index (χ4n) is 2.47. The van der Waals surface area contributed by atoms with Crippen LogP contribution in [-0.2, 0) is 15.9 Å². The highest BCUT2D eigenvalue weighted by atomic mass is 19.1. The molecule has 1 aromatic heterocycles. The molecule has 0 radical (unpaired) electrons. The molecule has 0 amide bonds. The second kappa shape index (κ2) is 6.55. The highest BCUT2D eigenvalue weighted by Crippen LogP contribution is 2.38. The van der Waals surface area contributed by atoms with Gasteiger partial charge in [-0.05, 0) is 45.9 Å². The minimum absolute atomic E-state index is 0.139. The average molecular weight is 365 g/mol. The van der Waals surface area contributed by atoms with Crippen molar-refractivity contribution in [3.63, 3.8) is 0 Å². The normalized spacial score (nSPS) is 19.2. The summed E-state index contributed by atoms with van der Waals surface area (Å²) in [4.78, 5) is 0. The fraction of sp³-hybridized carbons (Fsp3) is 0.412. The Balaban J connectivity index is 1.75. The third-order valence-corrected chi connectivity index (χ3v) is 4.70.